The van der Waals surface area contributed by atoms with Crippen LogP contribution < -0.4 is 10.2 Å². The smallest absolute Gasteiger partial charge is 0.132 e. The molecule has 2 atom stereocenters. The summed E-state index contributed by atoms with van der Waals surface area (Å²) in [5.41, 5.74) is 1.30. The molecule has 0 bridgehead atoms. The topological polar surface area (TPSA) is 28.2 Å². The third-order valence-corrected chi connectivity index (χ3v) is 4.65. The highest BCUT2D eigenvalue weighted by molar-refractivity contribution is 9.10. The van der Waals surface area contributed by atoms with Gasteiger partial charge in [0.1, 0.15) is 5.82 Å². The highest BCUT2D eigenvalue weighted by Gasteiger charge is 2.33. The Morgan fingerprint density at radius 3 is 2.84 bits per heavy atom. The van der Waals surface area contributed by atoms with E-state index >= 15 is 0 Å². The van der Waals surface area contributed by atoms with Crippen LogP contribution in [0.25, 0.3) is 0 Å². The lowest BCUT2D eigenvalue weighted by atomic mass is 10.2. The van der Waals surface area contributed by atoms with E-state index in [1.807, 2.05) is 6.20 Å². The molecule has 2 unspecified atom stereocenters. The molecule has 1 N–H and O–H groups in total. The number of nitrogens with one attached hydrogen (secondary N) is 1. The number of anilines is 1. The summed E-state index contributed by atoms with van der Waals surface area (Å²) in [7, 11) is 2.17. The maximum atomic E-state index is 4.62. The van der Waals surface area contributed by atoms with Crippen LogP contribution in [-0.2, 0) is 6.54 Å². The van der Waals surface area contributed by atoms with Crippen molar-refractivity contribution >= 4 is 21.7 Å². The van der Waals surface area contributed by atoms with E-state index in [-0.39, 0.29) is 0 Å². The van der Waals surface area contributed by atoms with Crippen LogP contribution in [0, 0.1) is 11.8 Å². The maximum Gasteiger partial charge on any atom is 0.132 e. The van der Waals surface area contributed by atoms with E-state index in [1.54, 1.807) is 0 Å². The van der Waals surface area contributed by atoms with Crippen molar-refractivity contribution in [1.82, 2.24) is 10.3 Å². The van der Waals surface area contributed by atoms with E-state index < -0.39 is 0 Å². The minimum absolute atomic E-state index is 0.737. The van der Waals surface area contributed by atoms with Crippen molar-refractivity contribution in [3.63, 3.8) is 0 Å². The van der Waals surface area contributed by atoms with Crippen LogP contribution in [-0.4, -0.2) is 24.6 Å². The monoisotopic (exact) mass is 323 g/mol. The van der Waals surface area contributed by atoms with Crippen molar-refractivity contribution in [2.24, 2.45) is 11.8 Å². The fourth-order valence-corrected chi connectivity index (χ4v) is 2.96. The largest absolute Gasteiger partial charge is 0.359 e. The maximum absolute atomic E-state index is 4.62. The third kappa shape index (κ3) is 3.48. The van der Waals surface area contributed by atoms with Crippen LogP contribution >= 0.6 is 15.9 Å². The van der Waals surface area contributed by atoms with E-state index in [0.717, 1.165) is 41.3 Å². The lowest BCUT2D eigenvalue weighted by Gasteiger charge is -2.21. The standard InChI is InChI=1S/C15H22BrN3/c1-10-5-12(10)9-19(2)15-11(6-13(16)8-18-15)7-17-14-3-4-14/h6,8,10,12,14,17H,3-5,7,9H2,1-2H3. The quantitative estimate of drug-likeness (QED) is 0.871. The van der Waals surface area contributed by atoms with Gasteiger partial charge in [0.05, 0.1) is 0 Å². The first kappa shape index (κ1) is 13.4. The molecule has 2 aliphatic rings. The first-order valence-corrected chi connectivity index (χ1v) is 8.01. The number of rotatable bonds is 6. The lowest BCUT2D eigenvalue weighted by Crippen LogP contribution is -2.25. The molecule has 0 amide bonds. The summed E-state index contributed by atoms with van der Waals surface area (Å²) in [6.45, 7) is 4.40. The molecule has 104 valence electrons. The second-order valence-electron chi connectivity index (χ2n) is 6.15. The fourth-order valence-electron chi connectivity index (χ4n) is 2.58. The van der Waals surface area contributed by atoms with Gasteiger partial charge in [-0.25, -0.2) is 4.98 Å². The minimum atomic E-state index is 0.737. The molecule has 2 saturated carbocycles. The zero-order valence-electron chi connectivity index (χ0n) is 11.7. The first-order chi connectivity index (χ1) is 9.13. The Morgan fingerprint density at radius 2 is 2.21 bits per heavy atom. The molecule has 19 heavy (non-hydrogen) atoms. The van der Waals surface area contributed by atoms with Crippen molar-refractivity contribution in [3.05, 3.63) is 22.3 Å². The molecular formula is C15H22BrN3. The van der Waals surface area contributed by atoms with E-state index in [4.69, 9.17) is 0 Å². The number of nitrogens with zero attached hydrogens (tertiary/aromatic N) is 2. The molecule has 0 aliphatic heterocycles. The van der Waals surface area contributed by atoms with Gasteiger partial charge in [-0.1, -0.05) is 6.92 Å². The van der Waals surface area contributed by atoms with E-state index in [1.165, 1.54) is 24.8 Å². The van der Waals surface area contributed by atoms with Gasteiger partial charge in [0, 0.05) is 42.4 Å². The molecule has 0 saturated heterocycles. The van der Waals surface area contributed by atoms with Gasteiger partial charge in [-0.3, -0.25) is 0 Å². The second-order valence-corrected chi connectivity index (χ2v) is 7.06. The van der Waals surface area contributed by atoms with Crippen LogP contribution in [0.2, 0.25) is 0 Å². The van der Waals surface area contributed by atoms with Crippen molar-refractivity contribution in [1.29, 1.82) is 0 Å². The van der Waals surface area contributed by atoms with Crippen LogP contribution in [0.4, 0.5) is 5.82 Å². The lowest BCUT2D eigenvalue weighted by molar-refractivity contribution is 0.674. The molecule has 0 aromatic carbocycles. The number of aromatic nitrogens is 1. The Kier molecular flexibility index (Phi) is 3.81. The summed E-state index contributed by atoms with van der Waals surface area (Å²) in [5.74, 6) is 2.89. The van der Waals surface area contributed by atoms with Gasteiger partial charge < -0.3 is 10.2 Å². The van der Waals surface area contributed by atoms with Crippen LogP contribution in [0.15, 0.2) is 16.7 Å². The van der Waals surface area contributed by atoms with E-state index in [0.29, 0.717) is 0 Å². The Hall–Kier alpha value is -0.610. The SMILES string of the molecule is CC1CC1CN(C)c1ncc(Br)cc1CNC1CC1. The molecule has 3 nitrogen and oxygen atoms in total. The zero-order valence-corrected chi connectivity index (χ0v) is 13.3. The molecule has 3 rings (SSSR count). The summed E-state index contributed by atoms with van der Waals surface area (Å²) < 4.78 is 1.07. The Bertz CT molecular complexity index is 459. The number of halogens is 1. The average molecular weight is 324 g/mol. The van der Waals surface area contributed by atoms with Crippen molar-refractivity contribution in [2.45, 2.75) is 38.8 Å². The van der Waals surface area contributed by atoms with Crippen molar-refractivity contribution < 1.29 is 0 Å². The highest BCUT2D eigenvalue weighted by atomic mass is 79.9. The Balaban J connectivity index is 1.69. The van der Waals surface area contributed by atoms with E-state index in [9.17, 15) is 0 Å². The molecule has 1 aromatic rings. The number of hydrogen-bond acceptors (Lipinski definition) is 3. The van der Waals surface area contributed by atoms with Gasteiger partial charge in [0.25, 0.3) is 0 Å². The number of hydrogen-bond donors (Lipinski definition) is 1. The molecule has 4 heteroatoms. The predicted octanol–water partition coefficient (Wildman–Crippen LogP) is 3.19. The van der Waals surface area contributed by atoms with Crippen LogP contribution in [0.3, 0.4) is 0 Å². The third-order valence-electron chi connectivity index (χ3n) is 4.21. The van der Waals surface area contributed by atoms with Gasteiger partial charge in [-0.05, 0) is 53.1 Å². The fraction of sp³-hybridized carbons (Fsp3) is 0.667. The molecular weight excluding hydrogens is 302 g/mol. The normalized spacial score (nSPS) is 25.4. The molecule has 1 heterocycles. The van der Waals surface area contributed by atoms with Crippen LogP contribution in [0.5, 0.6) is 0 Å². The van der Waals surface area contributed by atoms with Crippen molar-refractivity contribution in [3.8, 4) is 0 Å². The molecule has 1 aromatic heterocycles. The van der Waals surface area contributed by atoms with E-state index in [2.05, 4.69) is 51.2 Å². The summed E-state index contributed by atoms with van der Waals surface area (Å²) in [6.07, 6.45) is 5.93. The molecule has 0 spiro atoms. The average Bonchev–Trinajstić information content (AvgIpc) is 3.27. The second kappa shape index (κ2) is 5.41. The van der Waals surface area contributed by atoms with Gasteiger partial charge in [-0.15, -0.1) is 0 Å². The predicted molar refractivity (Wildman–Crippen MR) is 82.3 cm³/mol. The summed E-state index contributed by atoms with van der Waals surface area (Å²) in [4.78, 5) is 6.95. The molecule has 0 radical (unpaired) electrons. The first-order valence-electron chi connectivity index (χ1n) is 7.22. The van der Waals surface area contributed by atoms with Crippen LogP contribution in [0.1, 0.15) is 31.7 Å². The summed E-state index contributed by atoms with van der Waals surface area (Å²) in [5, 5.41) is 3.59. The van der Waals surface area contributed by atoms with Gasteiger partial charge in [0.15, 0.2) is 0 Å². The zero-order chi connectivity index (χ0) is 13.4. The summed E-state index contributed by atoms with van der Waals surface area (Å²) in [6, 6.07) is 2.94. The highest BCUT2D eigenvalue weighted by Crippen LogP contribution is 2.39. The Labute approximate surface area is 123 Å². The van der Waals surface area contributed by atoms with Gasteiger partial charge in [-0.2, -0.15) is 0 Å². The summed E-state index contributed by atoms with van der Waals surface area (Å²) >= 11 is 3.53. The minimum Gasteiger partial charge on any atom is -0.359 e. The van der Waals surface area contributed by atoms with Gasteiger partial charge in [0.2, 0.25) is 0 Å². The number of pyridine rings is 1. The molecule has 2 aliphatic carbocycles. The Morgan fingerprint density at radius 1 is 1.47 bits per heavy atom. The van der Waals surface area contributed by atoms with Gasteiger partial charge >= 0.3 is 0 Å². The van der Waals surface area contributed by atoms with Crippen molar-refractivity contribution in [2.75, 3.05) is 18.5 Å². The molecule has 2 fully saturated rings.